The molecule has 92 valence electrons. The van der Waals surface area contributed by atoms with Gasteiger partial charge in [0.1, 0.15) is 0 Å². The number of rotatable bonds is 6. The summed E-state index contributed by atoms with van der Waals surface area (Å²) in [5.41, 5.74) is 0.709. The van der Waals surface area contributed by atoms with E-state index in [-0.39, 0.29) is 0 Å². The zero-order chi connectivity index (χ0) is 11.2. The van der Waals surface area contributed by atoms with Crippen LogP contribution in [0.4, 0.5) is 0 Å². The number of fused-ring (bicyclic) bond motifs is 1. The molecule has 0 aromatic rings. The Morgan fingerprint density at radius 1 is 1.19 bits per heavy atom. The Bertz CT molecular complexity index is 236. The van der Waals surface area contributed by atoms with Gasteiger partial charge in [0.15, 0.2) is 0 Å². The van der Waals surface area contributed by atoms with Crippen molar-refractivity contribution in [3.05, 3.63) is 0 Å². The van der Waals surface area contributed by atoms with Crippen LogP contribution in [0.25, 0.3) is 0 Å². The van der Waals surface area contributed by atoms with Crippen LogP contribution in [-0.2, 0) is 0 Å². The monoisotopic (exact) mass is 221 g/mol. The van der Waals surface area contributed by atoms with Crippen LogP contribution in [-0.4, -0.2) is 12.6 Å². The summed E-state index contributed by atoms with van der Waals surface area (Å²) in [6.45, 7) is 6.08. The lowest BCUT2D eigenvalue weighted by Gasteiger charge is -2.32. The molecule has 0 aliphatic heterocycles. The minimum absolute atomic E-state index is 0.709. The smallest absolute Gasteiger partial charge is 0.00684 e. The van der Waals surface area contributed by atoms with Crippen LogP contribution in [0.1, 0.15) is 58.8 Å². The highest BCUT2D eigenvalue weighted by atomic mass is 15.0. The lowest BCUT2D eigenvalue weighted by atomic mass is 9.77. The van der Waals surface area contributed by atoms with Gasteiger partial charge in [-0.1, -0.05) is 20.3 Å². The Morgan fingerprint density at radius 2 is 1.88 bits per heavy atom. The zero-order valence-electron chi connectivity index (χ0n) is 11.0. The standard InChI is InChI=1S/C15H27N/c1-11(2)5-6-15(10-16-14-3-4-14)8-12-7-13(12)9-15/h11-14,16H,3-10H2,1-2H3. The average molecular weight is 221 g/mol. The van der Waals surface area contributed by atoms with E-state index >= 15 is 0 Å². The van der Waals surface area contributed by atoms with Crippen LogP contribution >= 0.6 is 0 Å². The topological polar surface area (TPSA) is 12.0 Å². The fourth-order valence-electron chi connectivity index (χ4n) is 3.69. The molecular weight excluding hydrogens is 194 g/mol. The maximum atomic E-state index is 3.80. The molecule has 16 heavy (non-hydrogen) atoms. The zero-order valence-corrected chi connectivity index (χ0v) is 11.0. The van der Waals surface area contributed by atoms with Crippen LogP contribution < -0.4 is 5.32 Å². The summed E-state index contributed by atoms with van der Waals surface area (Å²) in [6, 6.07) is 0.896. The molecule has 0 aromatic carbocycles. The van der Waals surface area contributed by atoms with Crippen molar-refractivity contribution in [3.8, 4) is 0 Å². The van der Waals surface area contributed by atoms with Crippen molar-refractivity contribution in [1.29, 1.82) is 0 Å². The quantitative estimate of drug-likeness (QED) is 0.723. The Morgan fingerprint density at radius 3 is 2.44 bits per heavy atom. The van der Waals surface area contributed by atoms with Crippen LogP contribution in [0.3, 0.4) is 0 Å². The second-order valence-electron chi connectivity index (χ2n) is 7.25. The summed E-state index contributed by atoms with van der Waals surface area (Å²) in [7, 11) is 0. The first-order chi connectivity index (χ1) is 7.67. The average Bonchev–Trinajstić information content (AvgIpc) is 3.15. The van der Waals surface area contributed by atoms with Crippen molar-refractivity contribution in [3.63, 3.8) is 0 Å². The number of nitrogens with one attached hydrogen (secondary N) is 1. The molecule has 2 atom stereocenters. The van der Waals surface area contributed by atoms with E-state index in [0.717, 1.165) is 23.8 Å². The molecule has 1 N–H and O–H groups in total. The number of hydrogen-bond donors (Lipinski definition) is 1. The van der Waals surface area contributed by atoms with Gasteiger partial charge in [0.05, 0.1) is 0 Å². The maximum absolute atomic E-state index is 3.80. The van der Waals surface area contributed by atoms with Gasteiger partial charge in [0.25, 0.3) is 0 Å². The molecule has 1 heteroatoms. The molecule has 3 fully saturated rings. The van der Waals surface area contributed by atoms with E-state index < -0.39 is 0 Å². The van der Waals surface area contributed by atoms with Crippen molar-refractivity contribution >= 4 is 0 Å². The lowest BCUT2D eigenvalue weighted by Crippen LogP contribution is -2.34. The van der Waals surface area contributed by atoms with Crippen LogP contribution in [0, 0.1) is 23.2 Å². The largest absolute Gasteiger partial charge is 0.313 e. The molecule has 3 aliphatic carbocycles. The van der Waals surface area contributed by atoms with Gasteiger partial charge in [-0.2, -0.15) is 0 Å². The first-order valence-corrected chi connectivity index (χ1v) is 7.40. The van der Waals surface area contributed by atoms with Gasteiger partial charge in [-0.25, -0.2) is 0 Å². The van der Waals surface area contributed by atoms with Gasteiger partial charge in [0.2, 0.25) is 0 Å². The highest BCUT2D eigenvalue weighted by Gasteiger charge is 2.53. The number of hydrogen-bond acceptors (Lipinski definition) is 1. The van der Waals surface area contributed by atoms with Crippen LogP contribution in [0.5, 0.6) is 0 Å². The second-order valence-corrected chi connectivity index (χ2v) is 7.25. The van der Waals surface area contributed by atoms with Crippen molar-refractivity contribution in [2.45, 2.75) is 64.8 Å². The third kappa shape index (κ3) is 2.45. The van der Waals surface area contributed by atoms with E-state index in [2.05, 4.69) is 19.2 Å². The molecular formula is C15H27N. The molecule has 0 radical (unpaired) electrons. The first kappa shape index (κ1) is 11.1. The van der Waals surface area contributed by atoms with Crippen molar-refractivity contribution in [1.82, 2.24) is 5.32 Å². The van der Waals surface area contributed by atoms with Gasteiger partial charge in [-0.3, -0.25) is 0 Å². The van der Waals surface area contributed by atoms with Gasteiger partial charge >= 0.3 is 0 Å². The predicted octanol–water partition coefficient (Wildman–Crippen LogP) is 3.59. The highest BCUT2D eigenvalue weighted by Crippen LogP contribution is 2.61. The van der Waals surface area contributed by atoms with E-state index in [9.17, 15) is 0 Å². The minimum atomic E-state index is 0.709. The molecule has 0 aromatic heterocycles. The molecule has 0 heterocycles. The van der Waals surface area contributed by atoms with E-state index in [1.165, 1.54) is 32.2 Å². The summed E-state index contributed by atoms with van der Waals surface area (Å²) in [5.74, 6) is 3.15. The molecule has 3 saturated carbocycles. The molecule has 0 bridgehead atoms. The van der Waals surface area contributed by atoms with Crippen molar-refractivity contribution in [2.75, 3.05) is 6.54 Å². The normalized spacial score (nSPS) is 41.4. The van der Waals surface area contributed by atoms with Crippen LogP contribution in [0.2, 0.25) is 0 Å². The van der Waals surface area contributed by atoms with Gasteiger partial charge in [0, 0.05) is 12.6 Å². The fraction of sp³-hybridized carbons (Fsp3) is 1.00. The third-order valence-electron chi connectivity index (χ3n) is 5.05. The Kier molecular flexibility index (Phi) is 2.78. The van der Waals surface area contributed by atoms with E-state index in [1.54, 1.807) is 19.3 Å². The first-order valence-electron chi connectivity index (χ1n) is 7.40. The molecule has 3 aliphatic rings. The van der Waals surface area contributed by atoms with Gasteiger partial charge in [-0.05, 0) is 61.7 Å². The van der Waals surface area contributed by atoms with Gasteiger partial charge in [-0.15, -0.1) is 0 Å². The summed E-state index contributed by atoms with van der Waals surface area (Å²) < 4.78 is 0. The summed E-state index contributed by atoms with van der Waals surface area (Å²) in [5, 5.41) is 3.80. The van der Waals surface area contributed by atoms with E-state index in [4.69, 9.17) is 0 Å². The molecule has 0 spiro atoms. The Hall–Kier alpha value is -0.0400. The van der Waals surface area contributed by atoms with Crippen molar-refractivity contribution < 1.29 is 0 Å². The Labute approximate surface area is 100 Å². The summed E-state index contributed by atoms with van der Waals surface area (Å²) >= 11 is 0. The maximum Gasteiger partial charge on any atom is 0.00684 e. The second kappa shape index (κ2) is 4.01. The lowest BCUT2D eigenvalue weighted by molar-refractivity contribution is 0.213. The highest BCUT2D eigenvalue weighted by molar-refractivity contribution is 5.04. The third-order valence-corrected chi connectivity index (χ3v) is 5.05. The molecule has 1 nitrogen and oxygen atoms in total. The van der Waals surface area contributed by atoms with Crippen LogP contribution in [0.15, 0.2) is 0 Å². The van der Waals surface area contributed by atoms with Crippen molar-refractivity contribution in [2.24, 2.45) is 23.2 Å². The molecule has 3 rings (SSSR count). The van der Waals surface area contributed by atoms with E-state index in [1.807, 2.05) is 0 Å². The Balaban J connectivity index is 1.53. The molecule has 2 unspecified atom stereocenters. The minimum Gasteiger partial charge on any atom is -0.313 e. The molecule has 0 amide bonds. The fourth-order valence-corrected chi connectivity index (χ4v) is 3.69. The SMILES string of the molecule is CC(C)CCC1(CNC2CC2)CC2CC2C1. The summed E-state index contributed by atoms with van der Waals surface area (Å²) in [4.78, 5) is 0. The van der Waals surface area contributed by atoms with Gasteiger partial charge < -0.3 is 5.32 Å². The predicted molar refractivity (Wildman–Crippen MR) is 68.4 cm³/mol. The molecule has 0 saturated heterocycles. The summed E-state index contributed by atoms with van der Waals surface area (Å²) in [6.07, 6.45) is 10.4. The van der Waals surface area contributed by atoms with E-state index in [0.29, 0.717) is 5.41 Å².